The van der Waals surface area contributed by atoms with Crippen LogP contribution in [0.3, 0.4) is 0 Å². The number of unbranched alkanes of at least 4 members (excludes halogenated alkanes) is 4. The van der Waals surface area contributed by atoms with Gasteiger partial charge in [-0.3, -0.25) is 24.1 Å². The topological polar surface area (TPSA) is 86.8 Å². The lowest BCUT2D eigenvalue weighted by atomic mass is 10.1. The first-order chi connectivity index (χ1) is 12.6. The Morgan fingerprint density at radius 3 is 2.19 bits per heavy atom. The van der Waals surface area contributed by atoms with Gasteiger partial charge in [0.2, 0.25) is 11.8 Å². The third-order valence-electron chi connectivity index (χ3n) is 4.78. The molecule has 0 unspecified atom stereocenters. The fourth-order valence-corrected chi connectivity index (χ4v) is 3.00. The summed E-state index contributed by atoms with van der Waals surface area (Å²) in [5, 5.41) is 2.90. The predicted molar refractivity (Wildman–Crippen MR) is 97.0 cm³/mol. The van der Waals surface area contributed by atoms with Crippen molar-refractivity contribution >= 4 is 23.6 Å². The van der Waals surface area contributed by atoms with Gasteiger partial charge in [0.05, 0.1) is 0 Å². The molecule has 4 amide bonds. The highest BCUT2D eigenvalue weighted by Gasteiger charge is 2.22. The van der Waals surface area contributed by atoms with Crippen molar-refractivity contribution in [2.45, 2.75) is 57.8 Å². The van der Waals surface area contributed by atoms with Crippen molar-refractivity contribution in [2.24, 2.45) is 0 Å². The minimum Gasteiger partial charge on any atom is -0.356 e. The van der Waals surface area contributed by atoms with Crippen LogP contribution in [0, 0.1) is 0 Å². The van der Waals surface area contributed by atoms with E-state index in [9.17, 15) is 19.2 Å². The first-order valence-corrected chi connectivity index (χ1v) is 9.66. The molecule has 0 aromatic rings. The van der Waals surface area contributed by atoms with Crippen molar-refractivity contribution in [1.29, 1.82) is 0 Å². The summed E-state index contributed by atoms with van der Waals surface area (Å²) in [6.45, 7) is 2.90. The summed E-state index contributed by atoms with van der Waals surface area (Å²) in [6, 6.07) is 0. The number of hydrogen-bond acceptors (Lipinski definition) is 4. The van der Waals surface area contributed by atoms with Crippen LogP contribution in [0.5, 0.6) is 0 Å². The molecule has 7 heteroatoms. The number of rotatable bonds is 12. The van der Waals surface area contributed by atoms with E-state index in [2.05, 4.69) is 5.32 Å². The lowest BCUT2D eigenvalue weighted by Crippen LogP contribution is -2.41. The van der Waals surface area contributed by atoms with Crippen LogP contribution in [0.25, 0.3) is 0 Å². The molecule has 2 aliphatic rings. The van der Waals surface area contributed by atoms with E-state index < -0.39 is 0 Å². The standard InChI is InChI=1S/C19H29N3O4/c23-16(8-3-2-6-15-22-18(25)10-11-19(22)26)20-12-5-1-4-9-17(24)21-13-7-14-21/h10-11H,1-9,12-15H2,(H,20,23). The summed E-state index contributed by atoms with van der Waals surface area (Å²) in [7, 11) is 0. The normalized spacial score (nSPS) is 16.2. The van der Waals surface area contributed by atoms with Crippen LogP contribution in [0.4, 0.5) is 0 Å². The molecule has 0 bridgehead atoms. The molecule has 144 valence electrons. The van der Waals surface area contributed by atoms with Crippen molar-refractivity contribution in [3.05, 3.63) is 12.2 Å². The predicted octanol–water partition coefficient (Wildman–Crippen LogP) is 1.38. The van der Waals surface area contributed by atoms with E-state index in [-0.39, 0.29) is 23.6 Å². The Labute approximate surface area is 154 Å². The number of amides is 4. The van der Waals surface area contributed by atoms with E-state index in [0.29, 0.717) is 25.9 Å². The average Bonchev–Trinajstić information content (AvgIpc) is 2.87. The van der Waals surface area contributed by atoms with Gasteiger partial charge in [-0.2, -0.15) is 0 Å². The second kappa shape index (κ2) is 10.7. The van der Waals surface area contributed by atoms with Gasteiger partial charge in [0.1, 0.15) is 0 Å². The molecule has 0 atom stereocenters. The smallest absolute Gasteiger partial charge is 0.253 e. The van der Waals surface area contributed by atoms with Gasteiger partial charge < -0.3 is 10.2 Å². The van der Waals surface area contributed by atoms with Crippen LogP contribution in [-0.2, 0) is 19.2 Å². The maximum atomic E-state index is 11.7. The monoisotopic (exact) mass is 363 g/mol. The van der Waals surface area contributed by atoms with Crippen LogP contribution in [-0.4, -0.2) is 59.6 Å². The van der Waals surface area contributed by atoms with Gasteiger partial charge >= 0.3 is 0 Å². The number of hydrogen-bond donors (Lipinski definition) is 1. The molecule has 26 heavy (non-hydrogen) atoms. The van der Waals surface area contributed by atoms with Crippen molar-refractivity contribution in [3.8, 4) is 0 Å². The highest BCUT2D eigenvalue weighted by molar-refractivity contribution is 6.12. The van der Waals surface area contributed by atoms with E-state index >= 15 is 0 Å². The van der Waals surface area contributed by atoms with Crippen LogP contribution in [0.15, 0.2) is 12.2 Å². The average molecular weight is 363 g/mol. The van der Waals surface area contributed by atoms with Gasteiger partial charge in [-0.1, -0.05) is 12.8 Å². The van der Waals surface area contributed by atoms with Gasteiger partial charge in [-0.15, -0.1) is 0 Å². The fraction of sp³-hybridized carbons (Fsp3) is 0.684. The van der Waals surface area contributed by atoms with Gasteiger partial charge in [0.25, 0.3) is 11.8 Å². The van der Waals surface area contributed by atoms with Crippen molar-refractivity contribution in [1.82, 2.24) is 15.1 Å². The van der Waals surface area contributed by atoms with Gasteiger partial charge in [-0.05, 0) is 32.1 Å². The Hall–Kier alpha value is -2.18. The molecule has 0 aliphatic carbocycles. The van der Waals surface area contributed by atoms with Crippen LogP contribution in [0.2, 0.25) is 0 Å². The largest absolute Gasteiger partial charge is 0.356 e. The molecule has 0 aromatic carbocycles. The maximum Gasteiger partial charge on any atom is 0.253 e. The fourth-order valence-electron chi connectivity index (χ4n) is 3.00. The molecule has 7 nitrogen and oxygen atoms in total. The summed E-state index contributed by atoms with van der Waals surface area (Å²) in [4.78, 5) is 49.3. The molecule has 0 radical (unpaired) electrons. The van der Waals surface area contributed by atoms with E-state index in [0.717, 1.165) is 58.0 Å². The van der Waals surface area contributed by atoms with Gasteiger partial charge in [-0.25, -0.2) is 0 Å². The van der Waals surface area contributed by atoms with E-state index in [1.807, 2.05) is 4.90 Å². The van der Waals surface area contributed by atoms with E-state index in [1.165, 1.54) is 17.1 Å². The van der Waals surface area contributed by atoms with E-state index in [1.54, 1.807) is 0 Å². The SMILES string of the molecule is O=C(CCCCCN1C(=O)C=CC1=O)NCCCCCC(=O)N1CCC1. The molecule has 1 fully saturated rings. The highest BCUT2D eigenvalue weighted by atomic mass is 16.2. The van der Waals surface area contributed by atoms with E-state index in [4.69, 9.17) is 0 Å². The minimum absolute atomic E-state index is 0.0386. The second-order valence-corrected chi connectivity index (χ2v) is 6.87. The number of carbonyl (C=O) groups is 4. The Bertz CT molecular complexity index is 537. The van der Waals surface area contributed by atoms with Crippen LogP contribution >= 0.6 is 0 Å². The third kappa shape index (κ3) is 6.61. The lowest BCUT2D eigenvalue weighted by Gasteiger charge is -2.30. The molecular weight excluding hydrogens is 334 g/mol. The zero-order valence-corrected chi connectivity index (χ0v) is 15.4. The summed E-state index contributed by atoms with van der Waals surface area (Å²) in [6.07, 6.45) is 9.79. The molecular formula is C19H29N3O4. The number of likely N-dealkylation sites (tertiary alicyclic amines) is 1. The lowest BCUT2D eigenvalue weighted by molar-refractivity contribution is -0.137. The number of nitrogens with one attached hydrogen (secondary N) is 1. The first-order valence-electron chi connectivity index (χ1n) is 9.66. The van der Waals surface area contributed by atoms with Crippen molar-refractivity contribution in [2.75, 3.05) is 26.2 Å². The van der Waals surface area contributed by atoms with Crippen LogP contribution < -0.4 is 5.32 Å². The summed E-state index contributed by atoms with van der Waals surface area (Å²) in [5.74, 6) is -0.205. The highest BCUT2D eigenvalue weighted by Crippen LogP contribution is 2.10. The summed E-state index contributed by atoms with van der Waals surface area (Å²) < 4.78 is 0. The Morgan fingerprint density at radius 2 is 1.54 bits per heavy atom. The Kier molecular flexibility index (Phi) is 8.31. The molecule has 1 N–H and O–H groups in total. The zero-order valence-electron chi connectivity index (χ0n) is 15.4. The number of nitrogens with zero attached hydrogens (tertiary/aromatic N) is 2. The third-order valence-corrected chi connectivity index (χ3v) is 4.78. The minimum atomic E-state index is -0.251. The number of carbonyl (C=O) groups excluding carboxylic acids is 4. The molecule has 2 heterocycles. The first kappa shape index (κ1) is 20.1. The zero-order chi connectivity index (χ0) is 18.8. The molecule has 0 aromatic heterocycles. The number of imide groups is 1. The Morgan fingerprint density at radius 1 is 0.885 bits per heavy atom. The maximum absolute atomic E-state index is 11.7. The molecule has 0 spiro atoms. The molecule has 2 aliphatic heterocycles. The molecule has 0 saturated carbocycles. The summed E-state index contributed by atoms with van der Waals surface area (Å²) >= 11 is 0. The Balaban J connectivity index is 1.38. The molecule has 1 saturated heterocycles. The quantitative estimate of drug-likeness (QED) is 0.419. The van der Waals surface area contributed by atoms with Gasteiger partial charge in [0.15, 0.2) is 0 Å². The second-order valence-electron chi connectivity index (χ2n) is 6.87. The summed E-state index contributed by atoms with van der Waals surface area (Å²) in [5.41, 5.74) is 0. The van der Waals surface area contributed by atoms with Crippen molar-refractivity contribution in [3.63, 3.8) is 0 Å². The van der Waals surface area contributed by atoms with Crippen molar-refractivity contribution < 1.29 is 19.2 Å². The van der Waals surface area contributed by atoms with Gasteiger partial charge in [0, 0.05) is 51.2 Å². The van der Waals surface area contributed by atoms with Crippen LogP contribution in [0.1, 0.15) is 57.8 Å². The molecule has 2 rings (SSSR count).